The summed E-state index contributed by atoms with van der Waals surface area (Å²) in [4.78, 5) is 38.2. The highest BCUT2D eigenvalue weighted by Gasteiger charge is 2.34. The Kier molecular flexibility index (Phi) is 4.64. The predicted molar refractivity (Wildman–Crippen MR) is 97.1 cm³/mol. The minimum Gasteiger partial charge on any atom is -0.456 e. The van der Waals surface area contributed by atoms with Gasteiger partial charge < -0.3 is 4.74 Å². The van der Waals surface area contributed by atoms with Gasteiger partial charge in [-0.15, -0.1) is 0 Å². The van der Waals surface area contributed by atoms with E-state index in [1.807, 2.05) is 26.8 Å². The lowest BCUT2D eigenvalue weighted by atomic mass is 10.1. The van der Waals surface area contributed by atoms with Crippen LogP contribution in [0.1, 0.15) is 57.4 Å². The Labute approximate surface area is 152 Å². The first-order valence-corrected chi connectivity index (χ1v) is 8.54. The van der Waals surface area contributed by atoms with Gasteiger partial charge in [0.05, 0.1) is 16.7 Å². The molecule has 0 bridgehead atoms. The fraction of sp³-hybridized carbons (Fsp3) is 0.286. The van der Waals surface area contributed by atoms with Gasteiger partial charge in [-0.3, -0.25) is 14.5 Å². The molecule has 0 fully saturated rings. The molecule has 5 nitrogen and oxygen atoms in total. The molecule has 0 saturated heterocycles. The number of carbonyl (C=O) groups is 3. The highest BCUT2D eigenvalue weighted by molar-refractivity contribution is 6.21. The van der Waals surface area contributed by atoms with Crippen LogP contribution in [0.5, 0.6) is 0 Å². The highest BCUT2D eigenvalue weighted by atomic mass is 16.6. The molecule has 0 spiro atoms. The van der Waals surface area contributed by atoms with Gasteiger partial charge in [0, 0.05) is 6.54 Å². The van der Waals surface area contributed by atoms with Gasteiger partial charge in [-0.2, -0.15) is 0 Å². The van der Waals surface area contributed by atoms with Crippen LogP contribution in [0.15, 0.2) is 48.5 Å². The van der Waals surface area contributed by atoms with E-state index in [0.29, 0.717) is 23.1 Å². The van der Waals surface area contributed by atoms with Gasteiger partial charge >= 0.3 is 5.97 Å². The van der Waals surface area contributed by atoms with Crippen molar-refractivity contribution in [2.45, 2.75) is 32.8 Å². The minimum absolute atomic E-state index is 0.268. The Bertz CT molecular complexity index is 845. The molecule has 1 aliphatic heterocycles. The van der Waals surface area contributed by atoms with E-state index in [0.717, 1.165) is 5.56 Å². The van der Waals surface area contributed by atoms with E-state index in [4.69, 9.17) is 4.74 Å². The molecule has 0 aromatic heterocycles. The summed E-state index contributed by atoms with van der Waals surface area (Å²) in [7, 11) is 0. The molecule has 2 aromatic carbocycles. The van der Waals surface area contributed by atoms with E-state index in [2.05, 4.69) is 0 Å². The molecular weight excluding hydrogens is 330 g/mol. The number of esters is 1. The van der Waals surface area contributed by atoms with Crippen LogP contribution in [0, 0.1) is 0 Å². The number of nitrogens with zero attached hydrogens (tertiary/aromatic N) is 1. The summed E-state index contributed by atoms with van der Waals surface area (Å²) in [6.07, 6.45) is 0.474. The molecular formula is C21H21NO4. The minimum atomic E-state index is -0.562. The van der Waals surface area contributed by atoms with E-state index < -0.39 is 5.60 Å². The van der Waals surface area contributed by atoms with Gasteiger partial charge in [-0.25, -0.2) is 4.79 Å². The Morgan fingerprint density at radius 1 is 0.962 bits per heavy atom. The van der Waals surface area contributed by atoms with E-state index in [1.165, 1.54) is 4.90 Å². The smallest absolute Gasteiger partial charge is 0.338 e. The number of imide groups is 1. The van der Waals surface area contributed by atoms with Crippen LogP contribution < -0.4 is 0 Å². The van der Waals surface area contributed by atoms with Gasteiger partial charge in [-0.05, 0) is 57.0 Å². The first kappa shape index (κ1) is 17.9. The largest absolute Gasteiger partial charge is 0.456 e. The van der Waals surface area contributed by atoms with Crippen LogP contribution in [-0.4, -0.2) is 34.8 Å². The normalized spacial score (nSPS) is 13.7. The average Bonchev–Trinajstić information content (AvgIpc) is 2.83. The second kappa shape index (κ2) is 6.75. The van der Waals surface area contributed by atoms with Crippen molar-refractivity contribution in [1.82, 2.24) is 4.90 Å². The standard InChI is InChI=1S/C21H21NO4/c1-21(2,3)26-20(25)15-8-6-7-14(13-15)11-12-22-18(23)16-9-4-5-10-17(16)19(22)24/h4-10,13H,11-12H2,1-3H3. The SMILES string of the molecule is CC(C)(C)OC(=O)c1cccc(CCN2C(=O)c3ccccc3C2=O)c1. The third-order valence-corrected chi connectivity index (χ3v) is 4.06. The van der Waals surface area contributed by atoms with Crippen LogP contribution in [0.25, 0.3) is 0 Å². The topological polar surface area (TPSA) is 63.7 Å². The molecule has 26 heavy (non-hydrogen) atoms. The maximum Gasteiger partial charge on any atom is 0.338 e. The summed E-state index contributed by atoms with van der Waals surface area (Å²) in [6, 6.07) is 13.9. The average molecular weight is 351 g/mol. The van der Waals surface area contributed by atoms with Crippen molar-refractivity contribution < 1.29 is 19.1 Å². The van der Waals surface area contributed by atoms with E-state index >= 15 is 0 Å². The molecule has 2 aromatic rings. The molecule has 2 amide bonds. The number of ether oxygens (including phenoxy) is 1. The van der Waals surface area contributed by atoms with E-state index in [-0.39, 0.29) is 24.3 Å². The molecule has 5 heteroatoms. The van der Waals surface area contributed by atoms with Gasteiger partial charge in [0.2, 0.25) is 0 Å². The number of fused-ring (bicyclic) bond motifs is 1. The number of benzene rings is 2. The van der Waals surface area contributed by atoms with Crippen molar-refractivity contribution in [3.8, 4) is 0 Å². The van der Waals surface area contributed by atoms with Crippen molar-refractivity contribution in [2.75, 3.05) is 6.54 Å². The Hall–Kier alpha value is -2.95. The zero-order chi connectivity index (χ0) is 18.9. The lowest BCUT2D eigenvalue weighted by molar-refractivity contribution is 0.00690. The van der Waals surface area contributed by atoms with Gasteiger partial charge in [-0.1, -0.05) is 24.3 Å². The van der Waals surface area contributed by atoms with Gasteiger partial charge in [0.1, 0.15) is 5.60 Å². The molecule has 0 saturated carbocycles. The number of amides is 2. The molecule has 3 rings (SSSR count). The summed E-state index contributed by atoms with van der Waals surface area (Å²) in [6.45, 7) is 5.72. The summed E-state index contributed by atoms with van der Waals surface area (Å²) in [5.74, 6) is -0.928. The first-order valence-electron chi connectivity index (χ1n) is 8.54. The van der Waals surface area contributed by atoms with Crippen molar-refractivity contribution in [3.05, 3.63) is 70.8 Å². The lowest BCUT2D eigenvalue weighted by Gasteiger charge is -2.19. The van der Waals surface area contributed by atoms with Crippen molar-refractivity contribution in [3.63, 3.8) is 0 Å². The Balaban J connectivity index is 1.70. The molecule has 0 atom stereocenters. The summed E-state index contributed by atoms with van der Waals surface area (Å²) in [5.41, 5.74) is 1.65. The first-order chi connectivity index (χ1) is 12.3. The molecule has 134 valence electrons. The summed E-state index contributed by atoms with van der Waals surface area (Å²) in [5, 5.41) is 0. The predicted octanol–water partition coefficient (Wildman–Crippen LogP) is 3.48. The zero-order valence-corrected chi connectivity index (χ0v) is 15.1. The fourth-order valence-corrected chi connectivity index (χ4v) is 2.87. The second-order valence-corrected chi connectivity index (χ2v) is 7.26. The van der Waals surface area contributed by atoms with Crippen molar-refractivity contribution >= 4 is 17.8 Å². The number of carbonyl (C=O) groups excluding carboxylic acids is 3. The molecule has 1 heterocycles. The van der Waals surface area contributed by atoms with E-state index in [9.17, 15) is 14.4 Å². The molecule has 1 aliphatic rings. The van der Waals surface area contributed by atoms with Gasteiger partial charge in [0.25, 0.3) is 11.8 Å². The maximum atomic E-state index is 12.4. The van der Waals surface area contributed by atoms with Crippen LogP contribution in [-0.2, 0) is 11.2 Å². The summed E-state index contributed by atoms with van der Waals surface area (Å²) < 4.78 is 5.38. The quantitative estimate of drug-likeness (QED) is 0.625. The Morgan fingerprint density at radius 2 is 1.58 bits per heavy atom. The fourth-order valence-electron chi connectivity index (χ4n) is 2.87. The third-order valence-electron chi connectivity index (χ3n) is 4.06. The van der Waals surface area contributed by atoms with Crippen molar-refractivity contribution in [1.29, 1.82) is 0 Å². The zero-order valence-electron chi connectivity index (χ0n) is 15.1. The number of hydrogen-bond donors (Lipinski definition) is 0. The van der Waals surface area contributed by atoms with Crippen LogP contribution in [0.4, 0.5) is 0 Å². The Morgan fingerprint density at radius 3 is 2.15 bits per heavy atom. The number of rotatable bonds is 4. The molecule has 0 unspecified atom stereocenters. The number of hydrogen-bond acceptors (Lipinski definition) is 4. The maximum absolute atomic E-state index is 12.4. The van der Waals surface area contributed by atoms with Crippen molar-refractivity contribution in [2.24, 2.45) is 0 Å². The second-order valence-electron chi connectivity index (χ2n) is 7.26. The van der Waals surface area contributed by atoms with E-state index in [1.54, 1.807) is 42.5 Å². The highest BCUT2D eigenvalue weighted by Crippen LogP contribution is 2.23. The lowest BCUT2D eigenvalue weighted by Crippen LogP contribution is -2.31. The molecule has 0 aliphatic carbocycles. The van der Waals surface area contributed by atoms with Crippen LogP contribution >= 0.6 is 0 Å². The van der Waals surface area contributed by atoms with Crippen LogP contribution in [0.3, 0.4) is 0 Å². The van der Waals surface area contributed by atoms with Crippen LogP contribution in [0.2, 0.25) is 0 Å². The monoisotopic (exact) mass is 351 g/mol. The summed E-state index contributed by atoms with van der Waals surface area (Å²) >= 11 is 0. The third kappa shape index (κ3) is 3.67. The molecule has 0 N–H and O–H groups in total. The molecule has 0 radical (unpaired) electrons. The van der Waals surface area contributed by atoms with Gasteiger partial charge in [0.15, 0.2) is 0 Å².